The first-order valence-electron chi connectivity index (χ1n) is 7.38. The molecule has 24 heavy (non-hydrogen) atoms. The van der Waals surface area contributed by atoms with Gasteiger partial charge in [0.1, 0.15) is 6.04 Å². The summed E-state index contributed by atoms with van der Waals surface area (Å²) >= 11 is 0. The Hall–Kier alpha value is -2.33. The molecule has 10 heteroatoms. The van der Waals surface area contributed by atoms with E-state index in [2.05, 4.69) is 10.1 Å². The number of benzene rings is 1. The zero-order valence-electron chi connectivity index (χ0n) is 13.2. The molecular weight excluding hydrogens is 336 g/mol. The lowest BCUT2D eigenvalue weighted by atomic mass is 10.2. The van der Waals surface area contributed by atoms with Crippen molar-refractivity contribution >= 4 is 15.7 Å². The van der Waals surface area contributed by atoms with E-state index >= 15 is 0 Å². The summed E-state index contributed by atoms with van der Waals surface area (Å²) in [5, 5.41) is 14.7. The van der Waals surface area contributed by atoms with Crippen LogP contribution in [0.5, 0.6) is 0 Å². The summed E-state index contributed by atoms with van der Waals surface area (Å²) in [5.41, 5.74) is 0.191. The largest absolute Gasteiger partial charge is 0.338 e. The Morgan fingerprint density at radius 2 is 2.12 bits per heavy atom. The molecule has 1 aromatic carbocycles. The first kappa shape index (κ1) is 16.5. The van der Waals surface area contributed by atoms with Crippen molar-refractivity contribution < 1.29 is 17.9 Å². The van der Waals surface area contributed by atoms with Crippen LogP contribution in [0.15, 0.2) is 27.6 Å². The number of non-ortho nitro benzene ring substituents is 1. The SMILES string of the molecule is Cc1noc(C2CCCN2S(=O)(=O)c2cc([N+](=O)[O-])ccc2C)n1. The summed E-state index contributed by atoms with van der Waals surface area (Å²) in [4.78, 5) is 14.4. The Bertz CT molecular complexity index is 892. The molecule has 0 bridgehead atoms. The number of aryl methyl sites for hydroxylation is 2. The maximum absolute atomic E-state index is 13.0. The summed E-state index contributed by atoms with van der Waals surface area (Å²) in [6.07, 6.45) is 1.22. The van der Waals surface area contributed by atoms with Crippen molar-refractivity contribution in [2.75, 3.05) is 6.54 Å². The van der Waals surface area contributed by atoms with Crippen LogP contribution in [0.3, 0.4) is 0 Å². The van der Waals surface area contributed by atoms with Crippen LogP contribution in [0.1, 0.15) is 36.2 Å². The van der Waals surface area contributed by atoms with Gasteiger partial charge in [-0.1, -0.05) is 11.2 Å². The van der Waals surface area contributed by atoms with Crippen molar-refractivity contribution in [3.8, 4) is 0 Å². The standard InChI is InChI=1S/C14H16N4O5S/c1-9-5-6-11(18(19)20)8-13(9)24(21,22)17-7-3-4-12(17)14-15-10(2)16-23-14/h5-6,8,12H,3-4,7H2,1-2H3. The minimum atomic E-state index is -3.91. The Morgan fingerprint density at radius 3 is 2.75 bits per heavy atom. The summed E-state index contributed by atoms with van der Waals surface area (Å²) in [6, 6.07) is 3.28. The summed E-state index contributed by atoms with van der Waals surface area (Å²) in [6.45, 7) is 3.57. The van der Waals surface area contributed by atoms with Crippen LogP contribution in [0, 0.1) is 24.0 Å². The maximum Gasteiger partial charge on any atom is 0.270 e. The smallest absolute Gasteiger partial charge is 0.270 e. The lowest BCUT2D eigenvalue weighted by molar-refractivity contribution is -0.385. The van der Waals surface area contributed by atoms with Crippen LogP contribution >= 0.6 is 0 Å². The lowest BCUT2D eigenvalue weighted by Crippen LogP contribution is -2.31. The molecule has 0 amide bonds. The number of nitro benzene ring substituents is 1. The molecule has 0 saturated carbocycles. The first-order chi connectivity index (χ1) is 11.3. The molecule has 0 spiro atoms. The summed E-state index contributed by atoms with van der Waals surface area (Å²) in [5.74, 6) is 0.678. The van der Waals surface area contributed by atoms with Gasteiger partial charge in [0.05, 0.1) is 9.82 Å². The van der Waals surface area contributed by atoms with Gasteiger partial charge in [-0.2, -0.15) is 9.29 Å². The maximum atomic E-state index is 13.0. The molecule has 1 atom stereocenters. The predicted molar refractivity (Wildman–Crippen MR) is 82.7 cm³/mol. The van der Waals surface area contributed by atoms with Gasteiger partial charge in [-0.25, -0.2) is 8.42 Å². The Labute approximate surface area is 138 Å². The molecule has 9 nitrogen and oxygen atoms in total. The van der Waals surface area contributed by atoms with Gasteiger partial charge < -0.3 is 4.52 Å². The minimum absolute atomic E-state index is 0.0696. The van der Waals surface area contributed by atoms with Crippen LogP contribution < -0.4 is 0 Å². The fourth-order valence-electron chi connectivity index (χ4n) is 2.83. The van der Waals surface area contributed by atoms with Gasteiger partial charge in [0.15, 0.2) is 5.82 Å². The molecular formula is C14H16N4O5S. The molecule has 1 saturated heterocycles. The molecule has 1 unspecified atom stereocenters. The number of hydrogen-bond donors (Lipinski definition) is 0. The fourth-order valence-corrected chi connectivity index (χ4v) is 4.73. The van der Waals surface area contributed by atoms with E-state index < -0.39 is 21.0 Å². The van der Waals surface area contributed by atoms with Crippen molar-refractivity contribution in [2.45, 2.75) is 37.6 Å². The van der Waals surface area contributed by atoms with Crippen LogP contribution in [0.2, 0.25) is 0 Å². The molecule has 0 radical (unpaired) electrons. The second-order valence-corrected chi connectivity index (χ2v) is 7.52. The third kappa shape index (κ3) is 2.78. The van der Waals surface area contributed by atoms with E-state index in [-0.39, 0.29) is 16.5 Å². The van der Waals surface area contributed by atoms with Crippen LogP contribution in [-0.4, -0.2) is 34.3 Å². The topological polar surface area (TPSA) is 119 Å². The van der Waals surface area contributed by atoms with Crippen LogP contribution in [0.4, 0.5) is 5.69 Å². The highest BCUT2D eigenvalue weighted by molar-refractivity contribution is 7.89. The van der Waals surface area contributed by atoms with E-state index in [1.165, 1.54) is 16.4 Å². The van der Waals surface area contributed by atoms with Crippen molar-refractivity contribution in [2.24, 2.45) is 0 Å². The second-order valence-electron chi connectivity index (χ2n) is 5.66. The highest BCUT2D eigenvalue weighted by atomic mass is 32.2. The predicted octanol–water partition coefficient (Wildman–Crippen LogP) is 2.12. The number of aromatic nitrogens is 2. The molecule has 2 heterocycles. The van der Waals surface area contributed by atoms with E-state index in [4.69, 9.17) is 4.52 Å². The van der Waals surface area contributed by atoms with Crippen molar-refractivity contribution in [3.63, 3.8) is 0 Å². The Morgan fingerprint density at radius 1 is 1.38 bits per heavy atom. The number of sulfonamides is 1. The highest BCUT2D eigenvalue weighted by Crippen LogP contribution is 2.37. The van der Waals surface area contributed by atoms with Gasteiger partial charge in [-0.3, -0.25) is 10.1 Å². The van der Waals surface area contributed by atoms with Gasteiger partial charge in [0.2, 0.25) is 15.9 Å². The molecule has 3 rings (SSSR count). The quantitative estimate of drug-likeness (QED) is 0.610. The fraction of sp³-hybridized carbons (Fsp3) is 0.429. The van der Waals surface area contributed by atoms with Gasteiger partial charge in [0.25, 0.3) is 5.69 Å². The van der Waals surface area contributed by atoms with Gasteiger partial charge in [-0.05, 0) is 32.3 Å². The monoisotopic (exact) mass is 352 g/mol. The van der Waals surface area contributed by atoms with E-state index in [9.17, 15) is 18.5 Å². The third-order valence-electron chi connectivity index (χ3n) is 4.00. The van der Waals surface area contributed by atoms with Gasteiger partial charge in [-0.15, -0.1) is 0 Å². The average molecular weight is 352 g/mol. The van der Waals surface area contributed by atoms with E-state index in [1.807, 2.05) is 0 Å². The highest BCUT2D eigenvalue weighted by Gasteiger charge is 2.40. The number of nitro groups is 1. The molecule has 1 aromatic heterocycles. The molecule has 0 aliphatic carbocycles. The normalized spacial score (nSPS) is 18.8. The van der Waals surface area contributed by atoms with Crippen molar-refractivity contribution in [3.05, 3.63) is 45.6 Å². The first-order valence-corrected chi connectivity index (χ1v) is 8.82. The average Bonchev–Trinajstić information content (AvgIpc) is 3.15. The van der Waals surface area contributed by atoms with E-state index in [1.54, 1.807) is 13.8 Å². The van der Waals surface area contributed by atoms with Crippen molar-refractivity contribution in [1.82, 2.24) is 14.4 Å². The Kier molecular flexibility index (Phi) is 4.10. The lowest BCUT2D eigenvalue weighted by Gasteiger charge is -2.22. The zero-order chi connectivity index (χ0) is 17.5. The third-order valence-corrected chi connectivity index (χ3v) is 6.05. The zero-order valence-corrected chi connectivity index (χ0v) is 14.0. The van der Waals surface area contributed by atoms with Gasteiger partial charge >= 0.3 is 0 Å². The molecule has 0 N–H and O–H groups in total. The minimum Gasteiger partial charge on any atom is -0.338 e. The molecule has 2 aromatic rings. The Balaban J connectivity index is 2.04. The van der Waals surface area contributed by atoms with E-state index in [0.29, 0.717) is 30.8 Å². The summed E-state index contributed by atoms with van der Waals surface area (Å²) in [7, 11) is -3.91. The summed E-state index contributed by atoms with van der Waals surface area (Å²) < 4.78 is 32.5. The van der Waals surface area contributed by atoms with Gasteiger partial charge in [0, 0.05) is 18.7 Å². The number of nitrogens with zero attached hydrogens (tertiary/aromatic N) is 4. The van der Waals surface area contributed by atoms with Crippen LogP contribution in [0.25, 0.3) is 0 Å². The number of hydrogen-bond acceptors (Lipinski definition) is 7. The molecule has 1 aliphatic rings. The number of rotatable bonds is 4. The second kappa shape index (κ2) is 5.95. The molecule has 1 fully saturated rings. The van der Waals surface area contributed by atoms with Crippen molar-refractivity contribution in [1.29, 1.82) is 0 Å². The van der Waals surface area contributed by atoms with E-state index in [0.717, 1.165) is 6.07 Å². The molecule has 128 valence electrons. The van der Waals surface area contributed by atoms with Crippen LogP contribution in [-0.2, 0) is 10.0 Å². The molecule has 1 aliphatic heterocycles.